The van der Waals surface area contributed by atoms with Crippen molar-refractivity contribution in [3.8, 4) is 0 Å². The van der Waals surface area contributed by atoms with Crippen molar-refractivity contribution < 1.29 is 14.7 Å². The fourth-order valence-corrected chi connectivity index (χ4v) is 2.40. The molecule has 1 heterocycles. The molecule has 0 radical (unpaired) electrons. The Morgan fingerprint density at radius 3 is 2.32 bits per heavy atom. The summed E-state index contributed by atoms with van der Waals surface area (Å²) in [6.45, 7) is 11.5. The standard InChI is InChI=1S/C14H22N2O3/c1-4-6-16(7-5-2)13(17)10-15-8-11(3)12(9-15)14(18)19/h4-5,11-12H,1-2,6-10H2,3H3,(H,18,19). The fourth-order valence-electron chi connectivity index (χ4n) is 2.40. The molecule has 1 N–H and O–H groups in total. The predicted octanol–water partition coefficient (Wildman–Crippen LogP) is 0.839. The molecule has 5 nitrogen and oxygen atoms in total. The van der Waals surface area contributed by atoms with Gasteiger partial charge in [-0.05, 0) is 5.92 Å². The first-order valence-corrected chi connectivity index (χ1v) is 6.44. The normalized spacial score (nSPS) is 23.0. The molecule has 0 aromatic heterocycles. The highest BCUT2D eigenvalue weighted by molar-refractivity contribution is 5.79. The summed E-state index contributed by atoms with van der Waals surface area (Å²) in [6.07, 6.45) is 3.35. The first-order chi connectivity index (χ1) is 8.99. The van der Waals surface area contributed by atoms with Gasteiger partial charge in [-0.25, -0.2) is 0 Å². The minimum Gasteiger partial charge on any atom is -0.481 e. The zero-order valence-electron chi connectivity index (χ0n) is 11.4. The molecule has 0 aromatic rings. The van der Waals surface area contributed by atoms with Crippen molar-refractivity contribution in [1.29, 1.82) is 0 Å². The summed E-state index contributed by atoms with van der Waals surface area (Å²) in [6, 6.07) is 0. The molecule has 106 valence electrons. The van der Waals surface area contributed by atoms with Gasteiger partial charge in [0.25, 0.3) is 0 Å². The van der Waals surface area contributed by atoms with Crippen LogP contribution in [-0.2, 0) is 9.59 Å². The number of carbonyl (C=O) groups excluding carboxylic acids is 1. The van der Waals surface area contributed by atoms with Crippen LogP contribution < -0.4 is 0 Å². The van der Waals surface area contributed by atoms with E-state index in [0.29, 0.717) is 26.2 Å². The van der Waals surface area contributed by atoms with E-state index in [0.717, 1.165) is 0 Å². The molecular formula is C14H22N2O3. The third-order valence-electron chi connectivity index (χ3n) is 3.42. The number of aliphatic carboxylic acids is 1. The molecule has 2 atom stereocenters. The van der Waals surface area contributed by atoms with Gasteiger partial charge in [-0.2, -0.15) is 0 Å². The van der Waals surface area contributed by atoms with Crippen molar-refractivity contribution in [3.63, 3.8) is 0 Å². The minimum absolute atomic E-state index is 0.0157. The van der Waals surface area contributed by atoms with Gasteiger partial charge in [0.1, 0.15) is 0 Å². The Morgan fingerprint density at radius 2 is 1.89 bits per heavy atom. The first kappa shape index (κ1) is 15.4. The third-order valence-corrected chi connectivity index (χ3v) is 3.42. The monoisotopic (exact) mass is 266 g/mol. The molecule has 5 heteroatoms. The number of carboxylic acids is 1. The number of nitrogens with zero attached hydrogens (tertiary/aromatic N) is 2. The van der Waals surface area contributed by atoms with Crippen molar-refractivity contribution in [2.24, 2.45) is 11.8 Å². The largest absolute Gasteiger partial charge is 0.481 e. The van der Waals surface area contributed by atoms with Gasteiger partial charge >= 0.3 is 5.97 Å². The second-order valence-electron chi connectivity index (χ2n) is 4.99. The van der Waals surface area contributed by atoms with Crippen LogP contribution in [0.5, 0.6) is 0 Å². The second-order valence-corrected chi connectivity index (χ2v) is 4.99. The quantitative estimate of drug-likeness (QED) is 0.694. The molecule has 1 aliphatic heterocycles. The molecule has 1 saturated heterocycles. The first-order valence-electron chi connectivity index (χ1n) is 6.44. The van der Waals surface area contributed by atoms with Gasteiger partial charge < -0.3 is 10.0 Å². The van der Waals surface area contributed by atoms with Gasteiger partial charge in [0, 0.05) is 26.2 Å². The summed E-state index contributed by atoms with van der Waals surface area (Å²) in [5.41, 5.74) is 0. The molecule has 1 amide bonds. The zero-order valence-corrected chi connectivity index (χ0v) is 11.4. The Morgan fingerprint density at radius 1 is 1.32 bits per heavy atom. The van der Waals surface area contributed by atoms with E-state index in [4.69, 9.17) is 5.11 Å². The van der Waals surface area contributed by atoms with E-state index in [1.54, 1.807) is 17.1 Å². The number of likely N-dealkylation sites (tertiary alicyclic amines) is 1. The van der Waals surface area contributed by atoms with Crippen LogP contribution in [0.15, 0.2) is 25.3 Å². The molecule has 1 rings (SSSR count). The van der Waals surface area contributed by atoms with Gasteiger partial charge in [-0.1, -0.05) is 19.1 Å². The number of hydrogen-bond donors (Lipinski definition) is 1. The maximum Gasteiger partial charge on any atom is 0.308 e. The highest BCUT2D eigenvalue weighted by Crippen LogP contribution is 2.22. The molecule has 0 aromatic carbocycles. The third kappa shape index (κ3) is 4.21. The van der Waals surface area contributed by atoms with Crippen LogP contribution >= 0.6 is 0 Å². The lowest BCUT2D eigenvalue weighted by molar-refractivity contribution is -0.142. The molecule has 0 bridgehead atoms. The van der Waals surface area contributed by atoms with E-state index in [-0.39, 0.29) is 24.3 Å². The summed E-state index contributed by atoms with van der Waals surface area (Å²) in [5.74, 6) is -1.09. The van der Waals surface area contributed by atoms with Crippen LogP contribution in [0.3, 0.4) is 0 Å². The highest BCUT2D eigenvalue weighted by atomic mass is 16.4. The van der Waals surface area contributed by atoms with Crippen molar-refractivity contribution >= 4 is 11.9 Å². The van der Waals surface area contributed by atoms with Crippen LogP contribution in [0.1, 0.15) is 6.92 Å². The number of hydrogen-bond acceptors (Lipinski definition) is 3. The van der Waals surface area contributed by atoms with Gasteiger partial charge in [-0.3, -0.25) is 14.5 Å². The Kier molecular flexibility index (Phi) is 5.76. The Bertz CT molecular complexity index is 358. The van der Waals surface area contributed by atoms with E-state index in [1.165, 1.54) is 0 Å². The average Bonchev–Trinajstić information content (AvgIpc) is 2.70. The number of carbonyl (C=O) groups is 2. The maximum atomic E-state index is 12.1. The molecule has 0 saturated carbocycles. The van der Waals surface area contributed by atoms with Crippen LogP contribution in [-0.4, -0.2) is 59.5 Å². The Labute approximate surface area is 114 Å². The average molecular weight is 266 g/mol. The molecule has 19 heavy (non-hydrogen) atoms. The highest BCUT2D eigenvalue weighted by Gasteiger charge is 2.35. The molecular weight excluding hydrogens is 244 g/mol. The Hall–Kier alpha value is -1.62. The zero-order chi connectivity index (χ0) is 14.4. The number of carboxylic acid groups (broad SMARTS) is 1. The molecule has 0 aliphatic carbocycles. The maximum absolute atomic E-state index is 12.1. The van der Waals surface area contributed by atoms with E-state index in [2.05, 4.69) is 13.2 Å². The number of rotatable bonds is 7. The minimum atomic E-state index is -0.781. The SMILES string of the molecule is C=CCN(CC=C)C(=O)CN1CC(C)C(C(=O)O)C1. The van der Waals surface area contributed by atoms with Crippen molar-refractivity contribution in [2.45, 2.75) is 6.92 Å². The second kappa shape index (κ2) is 7.09. The van der Waals surface area contributed by atoms with E-state index in [1.807, 2.05) is 11.8 Å². The lowest BCUT2D eigenvalue weighted by atomic mass is 9.99. The molecule has 1 aliphatic rings. The summed E-state index contributed by atoms with van der Waals surface area (Å²) >= 11 is 0. The van der Waals surface area contributed by atoms with Crippen molar-refractivity contribution in [3.05, 3.63) is 25.3 Å². The van der Waals surface area contributed by atoms with E-state index in [9.17, 15) is 9.59 Å². The summed E-state index contributed by atoms with van der Waals surface area (Å²) in [4.78, 5) is 26.7. The Balaban J connectivity index is 2.55. The van der Waals surface area contributed by atoms with Crippen LogP contribution in [0.4, 0.5) is 0 Å². The van der Waals surface area contributed by atoms with Gasteiger partial charge in [0.05, 0.1) is 12.5 Å². The van der Waals surface area contributed by atoms with Crippen LogP contribution in [0, 0.1) is 11.8 Å². The summed E-state index contributed by atoms with van der Waals surface area (Å²) in [5, 5.41) is 9.06. The topological polar surface area (TPSA) is 60.9 Å². The lowest BCUT2D eigenvalue weighted by Gasteiger charge is -2.23. The van der Waals surface area contributed by atoms with Gasteiger partial charge in [-0.15, -0.1) is 13.2 Å². The summed E-state index contributed by atoms with van der Waals surface area (Å²) < 4.78 is 0. The van der Waals surface area contributed by atoms with Crippen molar-refractivity contribution in [1.82, 2.24) is 9.80 Å². The van der Waals surface area contributed by atoms with Gasteiger partial charge in [0.15, 0.2) is 0 Å². The van der Waals surface area contributed by atoms with Crippen molar-refractivity contribution in [2.75, 3.05) is 32.7 Å². The van der Waals surface area contributed by atoms with E-state index >= 15 is 0 Å². The fraction of sp³-hybridized carbons (Fsp3) is 0.571. The smallest absolute Gasteiger partial charge is 0.308 e. The van der Waals surface area contributed by atoms with Crippen LogP contribution in [0.25, 0.3) is 0 Å². The number of amides is 1. The van der Waals surface area contributed by atoms with Crippen LogP contribution in [0.2, 0.25) is 0 Å². The van der Waals surface area contributed by atoms with Gasteiger partial charge in [0.2, 0.25) is 5.91 Å². The summed E-state index contributed by atoms with van der Waals surface area (Å²) in [7, 11) is 0. The molecule has 1 fully saturated rings. The lowest BCUT2D eigenvalue weighted by Crippen LogP contribution is -2.40. The van der Waals surface area contributed by atoms with E-state index < -0.39 is 5.97 Å². The molecule has 0 spiro atoms. The predicted molar refractivity (Wildman–Crippen MR) is 73.7 cm³/mol. The molecule has 2 unspecified atom stereocenters.